The standard InChI is InChI=1S/C26H35ClO4Si/c1-20(2)32(27,21(3)4)31-26-24(30-18-23-13-9-6-10-14-23)15-16-29-25(26)19-28-17-22-11-7-5-8-12-22/h5-16,20-21,24-26H,17-19H2,1-4H3/t24-,25-,26+/m1/s1. The zero-order valence-corrected chi connectivity index (χ0v) is 21.2. The quantitative estimate of drug-likeness (QED) is 0.272. The highest BCUT2D eigenvalue weighted by Crippen LogP contribution is 2.40. The van der Waals surface area contributed by atoms with Gasteiger partial charge in [0.25, 0.3) is 7.63 Å². The second kappa shape index (κ2) is 12.0. The number of rotatable bonds is 11. The Kier molecular flexibility index (Phi) is 9.38. The lowest BCUT2D eigenvalue weighted by molar-refractivity contribution is -0.109. The summed E-state index contributed by atoms with van der Waals surface area (Å²) >= 11 is 7.16. The maximum atomic E-state index is 7.16. The van der Waals surface area contributed by atoms with Gasteiger partial charge in [0.1, 0.15) is 18.3 Å². The molecule has 0 unspecified atom stereocenters. The van der Waals surface area contributed by atoms with Crippen LogP contribution in [0.3, 0.4) is 0 Å². The predicted octanol–water partition coefficient (Wildman–Crippen LogP) is 6.59. The van der Waals surface area contributed by atoms with Crippen LogP contribution in [-0.4, -0.2) is 32.5 Å². The van der Waals surface area contributed by atoms with Crippen LogP contribution in [0.4, 0.5) is 0 Å². The predicted molar refractivity (Wildman–Crippen MR) is 132 cm³/mol. The van der Waals surface area contributed by atoms with Gasteiger partial charge < -0.3 is 18.6 Å². The summed E-state index contributed by atoms with van der Waals surface area (Å²) in [4.78, 5) is 0. The van der Waals surface area contributed by atoms with E-state index in [1.165, 1.54) is 0 Å². The monoisotopic (exact) mass is 474 g/mol. The van der Waals surface area contributed by atoms with E-state index in [-0.39, 0.29) is 29.4 Å². The normalized spacial score (nSPS) is 21.2. The van der Waals surface area contributed by atoms with Crippen LogP contribution in [0.5, 0.6) is 0 Å². The Hall–Kier alpha value is -1.63. The third-order valence-corrected chi connectivity index (χ3v) is 12.5. The van der Waals surface area contributed by atoms with Gasteiger partial charge in [-0.3, -0.25) is 0 Å². The van der Waals surface area contributed by atoms with Gasteiger partial charge in [0.2, 0.25) is 0 Å². The molecule has 0 amide bonds. The van der Waals surface area contributed by atoms with E-state index in [4.69, 9.17) is 29.7 Å². The summed E-state index contributed by atoms with van der Waals surface area (Å²) < 4.78 is 25.0. The fourth-order valence-electron chi connectivity index (χ4n) is 3.83. The highest BCUT2D eigenvalue weighted by molar-refractivity contribution is 7.18. The van der Waals surface area contributed by atoms with Crippen LogP contribution in [0.25, 0.3) is 0 Å². The van der Waals surface area contributed by atoms with Crippen LogP contribution in [0, 0.1) is 0 Å². The van der Waals surface area contributed by atoms with Gasteiger partial charge in [-0.2, -0.15) is 0 Å². The van der Waals surface area contributed by atoms with Gasteiger partial charge >= 0.3 is 0 Å². The summed E-state index contributed by atoms with van der Waals surface area (Å²) in [5.74, 6) is 0. The van der Waals surface area contributed by atoms with Crippen molar-refractivity contribution in [2.24, 2.45) is 0 Å². The molecule has 1 aliphatic heterocycles. The summed E-state index contributed by atoms with van der Waals surface area (Å²) in [6.45, 7) is 9.96. The highest BCUT2D eigenvalue weighted by atomic mass is 35.6. The molecule has 1 heterocycles. The first kappa shape index (κ1) is 25.0. The molecule has 3 atom stereocenters. The van der Waals surface area contributed by atoms with Crippen molar-refractivity contribution in [3.63, 3.8) is 0 Å². The van der Waals surface area contributed by atoms with Crippen molar-refractivity contribution >= 4 is 18.7 Å². The molecule has 1 aliphatic rings. The zero-order chi connectivity index (χ0) is 23.0. The Morgan fingerprint density at radius 2 is 1.44 bits per heavy atom. The Morgan fingerprint density at radius 3 is 2.00 bits per heavy atom. The largest absolute Gasteiger partial charge is 0.493 e. The Morgan fingerprint density at radius 1 is 0.875 bits per heavy atom. The molecule has 2 aromatic carbocycles. The van der Waals surface area contributed by atoms with Gasteiger partial charge in [-0.15, -0.1) is 11.1 Å². The molecule has 6 heteroatoms. The van der Waals surface area contributed by atoms with E-state index in [1.807, 2.05) is 42.5 Å². The third kappa shape index (κ3) is 6.69. The minimum Gasteiger partial charge on any atom is -0.493 e. The Labute approximate surface area is 198 Å². The van der Waals surface area contributed by atoms with Crippen LogP contribution in [0.2, 0.25) is 11.1 Å². The molecule has 0 saturated heterocycles. The highest BCUT2D eigenvalue weighted by Gasteiger charge is 2.47. The van der Waals surface area contributed by atoms with Gasteiger partial charge in [-0.1, -0.05) is 88.4 Å². The molecule has 3 rings (SSSR count). The van der Waals surface area contributed by atoms with Crippen molar-refractivity contribution in [1.29, 1.82) is 0 Å². The van der Waals surface area contributed by atoms with Gasteiger partial charge in [-0.25, -0.2) is 0 Å². The van der Waals surface area contributed by atoms with Crippen molar-refractivity contribution in [2.75, 3.05) is 6.61 Å². The van der Waals surface area contributed by atoms with Crippen LogP contribution in [-0.2, 0) is 31.9 Å². The topological polar surface area (TPSA) is 36.9 Å². The lowest BCUT2D eigenvalue weighted by Crippen LogP contribution is -2.53. The minimum atomic E-state index is -2.56. The number of benzene rings is 2. The number of ether oxygens (including phenoxy) is 3. The maximum absolute atomic E-state index is 7.16. The van der Waals surface area contributed by atoms with E-state index in [0.29, 0.717) is 19.8 Å². The first-order valence-corrected chi connectivity index (χ1v) is 14.4. The van der Waals surface area contributed by atoms with Crippen molar-refractivity contribution in [3.8, 4) is 0 Å². The van der Waals surface area contributed by atoms with Crippen molar-refractivity contribution < 1.29 is 18.6 Å². The van der Waals surface area contributed by atoms with Gasteiger partial charge in [0.05, 0.1) is 26.1 Å². The fraction of sp³-hybridized carbons (Fsp3) is 0.462. The van der Waals surface area contributed by atoms with Crippen LogP contribution in [0.15, 0.2) is 73.0 Å². The summed E-state index contributed by atoms with van der Waals surface area (Å²) in [6, 6.07) is 20.3. The molecule has 0 radical (unpaired) electrons. The molecule has 0 bridgehead atoms. The molecule has 32 heavy (non-hydrogen) atoms. The third-order valence-electron chi connectivity index (χ3n) is 5.78. The van der Waals surface area contributed by atoms with Gasteiger partial charge in [0.15, 0.2) is 0 Å². The average molecular weight is 475 g/mol. The van der Waals surface area contributed by atoms with Crippen molar-refractivity contribution in [3.05, 3.63) is 84.1 Å². The number of hydrogen-bond acceptors (Lipinski definition) is 4. The van der Waals surface area contributed by atoms with Crippen molar-refractivity contribution in [2.45, 2.75) is 70.3 Å². The van der Waals surface area contributed by atoms with Gasteiger partial charge in [0, 0.05) is 0 Å². The van der Waals surface area contributed by atoms with Crippen LogP contribution < -0.4 is 0 Å². The maximum Gasteiger partial charge on any atom is 0.295 e. The molecule has 4 nitrogen and oxygen atoms in total. The first-order valence-electron chi connectivity index (χ1n) is 11.4. The van der Waals surface area contributed by atoms with E-state index < -0.39 is 7.63 Å². The van der Waals surface area contributed by atoms with Crippen LogP contribution in [0.1, 0.15) is 38.8 Å². The molecule has 0 aliphatic carbocycles. The number of halogens is 1. The summed E-state index contributed by atoms with van der Waals surface area (Å²) in [6.07, 6.45) is 2.72. The van der Waals surface area contributed by atoms with E-state index in [1.54, 1.807) is 6.26 Å². The average Bonchev–Trinajstić information content (AvgIpc) is 2.80. The zero-order valence-electron chi connectivity index (χ0n) is 19.4. The Bertz CT molecular complexity index is 820. The Balaban J connectivity index is 1.73. The number of hydrogen-bond donors (Lipinski definition) is 0. The smallest absolute Gasteiger partial charge is 0.295 e. The van der Waals surface area contributed by atoms with E-state index in [0.717, 1.165) is 11.1 Å². The van der Waals surface area contributed by atoms with Gasteiger partial charge in [-0.05, 0) is 28.3 Å². The van der Waals surface area contributed by atoms with Crippen molar-refractivity contribution in [1.82, 2.24) is 0 Å². The summed E-state index contributed by atoms with van der Waals surface area (Å²) in [7, 11) is -2.56. The van der Waals surface area contributed by atoms with E-state index >= 15 is 0 Å². The molecule has 0 N–H and O–H groups in total. The van der Waals surface area contributed by atoms with Crippen LogP contribution >= 0.6 is 11.1 Å². The molecule has 0 aromatic heterocycles. The molecule has 2 aromatic rings. The summed E-state index contributed by atoms with van der Waals surface area (Å²) in [5, 5.41) is 0. The van der Waals surface area contributed by atoms with E-state index in [2.05, 4.69) is 52.0 Å². The van der Waals surface area contributed by atoms with E-state index in [9.17, 15) is 0 Å². The molecule has 174 valence electrons. The second-order valence-electron chi connectivity index (χ2n) is 8.85. The molecule has 0 fully saturated rings. The SMILES string of the molecule is CC(C)[Si](Cl)(O[C@H]1[C@H](OCc2ccccc2)C=CO[C@@H]1COCc1ccccc1)C(C)C. The summed E-state index contributed by atoms with van der Waals surface area (Å²) in [5.41, 5.74) is 2.73. The molecular weight excluding hydrogens is 440 g/mol. The lowest BCUT2D eigenvalue weighted by Gasteiger charge is -2.42. The lowest BCUT2D eigenvalue weighted by atomic mass is 10.1. The fourth-order valence-corrected chi connectivity index (χ4v) is 6.72. The second-order valence-corrected chi connectivity index (χ2v) is 14.6. The molecule has 0 spiro atoms. The molecular formula is C26H35ClO4Si. The minimum absolute atomic E-state index is 0.246. The molecule has 0 saturated carbocycles. The first-order chi connectivity index (χ1) is 15.4.